The number of anilines is 4. The van der Waals surface area contributed by atoms with Gasteiger partial charge in [0.2, 0.25) is 0 Å². The third-order valence-corrected chi connectivity index (χ3v) is 6.44. The van der Waals surface area contributed by atoms with Crippen LogP contribution in [0.2, 0.25) is 5.02 Å². The maximum atomic E-state index is 12.7. The van der Waals surface area contributed by atoms with Gasteiger partial charge in [-0.25, -0.2) is 9.97 Å². The predicted molar refractivity (Wildman–Crippen MR) is 142 cm³/mol. The van der Waals surface area contributed by atoms with Gasteiger partial charge in [0.05, 0.1) is 34.0 Å². The van der Waals surface area contributed by atoms with Crippen molar-refractivity contribution in [3.63, 3.8) is 0 Å². The minimum atomic E-state index is -0.227. The molecule has 180 valence electrons. The number of pyridine rings is 3. The van der Waals surface area contributed by atoms with Crippen molar-refractivity contribution >= 4 is 45.4 Å². The third kappa shape index (κ3) is 4.67. The van der Waals surface area contributed by atoms with Gasteiger partial charge in [-0.05, 0) is 68.1 Å². The van der Waals surface area contributed by atoms with E-state index in [1.54, 1.807) is 12.4 Å². The van der Waals surface area contributed by atoms with Gasteiger partial charge in [-0.3, -0.25) is 4.79 Å². The molecule has 1 fully saturated rings. The molecule has 0 spiro atoms. The van der Waals surface area contributed by atoms with Crippen LogP contribution in [0.4, 0.5) is 23.0 Å². The van der Waals surface area contributed by atoms with Gasteiger partial charge in [-0.15, -0.1) is 0 Å². The van der Waals surface area contributed by atoms with E-state index in [2.05, 4.69) is 34.0 Å². The Hall–Kier alpha value is -3.62. The highest BCUT2D eigenvalue weighted by Crippen LogP contribution is 2.33. The topological polar surface area (TPSA) is 109 Å². The van der Waals surface area contributed by atoms with E-state index in [9.17, 15) is 4.79 Å². The Balaban J connectivity index is 1.53. The van der Waals surface area contributed by atoms with Crippen molar-refractivity contribution in [1.29, 1.82) is 0 Å². The number of benzene rings is 1. The van der Waals surface area contributed by atoms with Gasteiger partial charge >= 0.3 is 0 Å². The molecule has 9 heteroatoms. The summed E-state index contributed by atoms with van der Waals surface area (Å²) in [6, 6.07) is 11.4. The fraction of sp³-hybridized carbons (Fsp3) is 0.269. The summed E-state index contributed by atoms with van der Waals surface area (Å²) in [6.45, 7) is 7.57. The van der Waals surface area contributed by atoms with Gasteiger partial charge < -0.3 is 25.7 Å². The average Bonchev–Trinajstić information content (AvgIpc) is 2.80. The molecule has 2 unspecified atom stereocenters. The highest BCUT2D eigenvalue weighted by atomic mass is 35.5. The van der Waals surface area contributed by atoms with Crippen molar-refractivity contribution < 1.29 is 4.74 Å². The zero-order chi connectivity index (χ0) is 24.7. The fourth-order valence-corrected chi connectivity index (χ4v) is 4.83. The van der Waals surface area contributed by atoms with Gasteiger partial charge in [0.25, 0.3) is 5.56 Å². The molecule has 1 aliphatic heterocycles. The van der Waals surface area contributed by atoms with Crippen molar-refractivity contribution in [1.82, 2.24) is 15.0 Å². The molecule has 4 N–H and O–H groups in total. The highest BCUT2D eigenvalue weighted by Gasteiger charge is 2.24. The second kappa shape index (κ2) is 9.20. The van der Waals surface area contributed by atoms with E-state index in [0.717, 1.165) is 41.0 Å². The van der Waals surface area contributed by atoms with Crippen LogP contribution in [0.5, 0.6) is 0 Å². The van der Waals surface area contributed by atoms with Crippen LogP contribution in [-0.4, -0.2) is 40.2 Å². The number of hydrogen-bond donors (Lipinski definition) is 3. The average molecular weight is 491 g/mol. The largest absolute Gasteiger partial charge is 0.383 e. The van der Waals surface area contributed by atoms with Gasteiger partial charge in [-0.2, -0.15) is 0 Å². The third-order valence-electron chi connectivity index (χ3n) is 6.14. The second-order valence-electron chi connectivity index (χ2n) is 9.01. The number of nitrogens with zero attached hydrogens (tertiary/aromatic N) is 3. The first-order chi connectivity index (χ1) is 16.8. The summed E-state index contributed by atoms with van der Waals surface area (Å²) in [7, 11) is 0. The summed E-state index contributed by atoms with van der Waals surface area (Å²) < 4.78 is 5.84. The maximum Gasteiger partial charge on any atom is 0.259 e. The lowest BCUT2D eigenvalue weighted by atomic mass is 10.1. The minimum absolute atomic E-state index is 0.129. The molecule has 5 rings (SSSR count). The molecule has 4 aromatic rings. The first kappa shape index (κ1) is 23.1. The number of aryl methyl sites for hydroxylation is 1. The van der Waals surface area contributed by atoms with Crippen LogP contribution in [0, 0.1) is 6.92 Å². The van der Waals surface area contributed by atoms with Crippen molar-refractivity contribution in [2.75, 3.05) is 29.0 Å². The van der Waals surface area contributed by atoms with E-state index in [0.29, 0.717) is 27.7 Å². The first-order valence-corrected chi connectivity index (χ1v) is 11.9. The normalized spacial score (nSPS) is 18.1. The molecule has 0 radical (unpaired) electrons. The van der Waals surface area contributed by atoms with Crippen LogP contribution >= 0.6 is 11.6 Å². The lowest BCUT2D eigenvalue weighted by Crippen LogP contribution is -2.45. The molecule has 1 aliphatic rings. The smallest absolute Gasteiger partial charge is 0.259 e. The Kier molecular flexibility index (Phi) is 6.08. The molecular formula is C26H27ClN6O2. The Bertz CT molecular complexity index is 1460. The number of morpholine rings is 1. The Morgan fingerprint density at radius 2 is 1.94 bits per heavy atom. The minimum Gasteiger partial charge on any atom is -0.383 e. The number of hydrogen-bond acceptors (Lipinski definition) is 7. The maximum absolute atomic E-state index is 12.7. The van der Waals surface area contributed by atoms with Crippen LogP contribution in [0.15, 0.2) is 53.6 Å². The van der Waals surface area contributed by atoms with Crippen molar-refractivity contribution in [2.45, 2.75) is 33.0 Å². The van der Waals surface area contributed by atoms with E-state index in [1.165, 1.54) is 0 Å². The van der Waals surface area contributed by atoms with Crippen molar-refractivity contribution in [2.24, 2.45) is 0 Å². The fourth-order valence-electron chi connectivity index (χ4n) is 4.53. The standard InChI is InChI=1S/C26H27ClN6O2/c1-14-8-18(11-30-24(14)28)21-9-17-6-7-29-26(34)23(17)25(32-21)31-19-4-5-22(20(27)10-19)33-12-15(2)35-16(3)13-33/h4-11,15-16H,12-13H2,1-3H3,(H2,28,30)(H,29,34)(H,31,32). The molecule has 1 saturated heterocycles. The van der Waals surface area contributed by atoms with Gasteiger partial charge in [0.1, 0.15) is 11.6 Å². The molecule has 3 aromatic heterocycles. The number of halogens is 1. The molecule has 35 heavy (non-hydrogen) atoms. The molecule has 8 nitrogen and oxygen atoms in total. The SMILES string of the molecule is Cc1cc(-c2cc3cc[nH]c(=O)c3c(Nc3ccc(N4CC(C)OC(C)C4)c(Cl)c3)n2)cnc1N. The quantitative estimate of drug-likeness (QED) is 0.373. The lowest BCUT2D eigenvalue weighted by Gasteiger charge is -2.37. The van der Waals surface area contributed by atoms with E-state index >= 15 is 0 Å². The molecular weight excluding hydrogens is 464 g/mol. The summed E-state index contributed by atoms with van der Waals surface area (Å²) in [4.78, 5) is 26.7. The Morgan fingerprint density at radius 1 is 1.17 bits per heavy atom. The summed E-state index contributed by atoms with van der Waals surface area (Å²) >= 11 is 6.70. The second-order valence-corrected chi connectivity index (χ2v) is 9.41. The number of rotatable bonds is 4. The molecule has 2 atom stereocenters. The van der Waals surface area contributed by atoms with E-state index < -0.39 is 0 Å². The molecule has 0 aliphatic carbocycles. The molecule has 0 bridgehead atoms. The number of nitrogens with two attached hydrogens (primary N) is 1. The number of aromatic amines is 1. The lowest BCUT2D eigenvalue weighted by molar-refractivity contribution is -0.00520. The number of nitrogens with one attached hydrogen (secondary N) is 2. The molecule has 1 aromatic carbocycles. The van der Waals surface area contributed by atoms with E-state index in [4.69, 9.17) is 27.1 Å². The molecule has 0 saturated carbocycles. The van der Waals surface area contributed by atoms with Crippen LogP contribution in [0.3, 0.4) is 0 Å². The molecule has 0 amide bonds. The van der Waals surface area contributed by atoms with Crippen molar-refractivity contribution in [3.8, 4) is 11.3 Å². The molecule has 4 heterocycles. The predicted octanol–water partition coefficient (Wildman–Crippen LogP) is 4.89. The Labute approximate surface area is 208 Å². The number of H-pyrrole nitrogens is 1. The summed E-state index contributed by atoms with van der Waals surface area (Å²) in [5.41, 5.74) is 9.70. The van der Waals surface area contributed by atoms with Gasteiger partial charge in [0.15, 0.2) is 0 Å². The number of nitrogen functional groups attached to an aromatic ring is 1. The van der Waals surface area contributed by atoms with Gasteiger partial charge in [-0.1, -0.05) is 11.6 Å². The van der Waals surface area contributed by atoms with Crippen molar-refractivity contribution in [3.05, 3.63) is 69.7 Å². The first-order valence-electron chi connectivity index (χ1n) is 11.5. The van der Waals surface area contributed by atoms with Crippen LogP contribution in [0.1, 0.15) is 19.4 Å². The monoisotopic (exact) mass is 490 g/mol. The Morgan fingerprint density at radius 3 is 2.66 bits per heavy atom. The summed E-state index contributed by atoms with van der Waals surface area (Å²) in [5.74, 6) is 0.911. The van der Waals surface area contributed by atoms with Crippen LogP contribution in [-0.2, 0) is 4.74 Å². The number of aromatic nitrogens is 3. The summed E-state index contributed by atoms with van der Waals surface area (Å²) in [5, 5.41) is 5.15. The van der Waals surface area contributed by atoms with Crippen LogP contribution in [0.25, 0.3) is 22.0 Å². The highest BCUT2D eigenvalue weighted by molar-refractivity contribution is 6.33. The zero-order valence-electron chi connectivity index (χ0n) is 19.8. The number of fused-ring (bicyclic) bond motifs is 1. The summed E-state index contributed by atoms with van der Waals surface area (Å²) in [6.07, 6.45) is 3.57. The van der Waals surface area contributed by atoms with E-state index in [1.807, 2.05) is 43.3 Å². The van der Waals surface area contributed by atoms with Gasteiger partial charge in [0, 0.05) is 36.7 Å². The number of ether oxygens (including phenoxy) is 1. The zero-order valence-corrected chi connectivity index (χ0v) is 20.6. The van der Waals surface area contributed by atoms with E-state index in [-0.39, 0.29) is 17.8 Å². The van der Waals surface area contributed by atoms with Crippen LogP contribution < -0.4 is 21.5 Å².